The van der Waals surface area contributed by atoms with Crippen molar-refractivity contribution in [2.24, 2.45) is 0 Å². The van der Waals surface area contributed by atoms with Crippen LogP contribution in [0.4, 0.5) is 33.5 Å². The molecule has 34 heavy (non-hydrogen) atoms. The molecule has 0 aliphatic carbocycles. The van der Waals surface area contributed by atoms with Gasteiger partial charge in [-0.25, -0.2) is 13.8 Å². The predicted octanol–water partition coefficient (Wildman–Crippen LogP) is 5.42. The lowest BCUT2D eigenvalue weighted by atomic mass is 10.0. The number of anilines is 2. The van der Waals surface area contributed by atoms with Crippen LogP contribution in [0.5, 0.6) is 0 Å². The zero-order valence-electron chi connectivity index (χ0n) is 18.6. The Bertz CT molecular complexity index is 1180. The summed E-state index contributed by atoms with van der Waals surface area (Å²) >= 11 is 0. The molecule has 11 heteroatoms. The molecule has 0 unspecified atom stereocenters. The lowest BCUT2D eigenvalue weighted by Crippen LogP contribution is -2.37. The maximum atomic E-state index is 13.9. The van der Waals surface area contributed by atoms with Crippen LogP contribution in [0.2, 0.25) is 0 Å². The third-order valence-electron chi connectivity index (χ3n) is 5.99. The first kappa shape index (κ1) is 24.1. The molecule has 1 aromatic carbocycles. The van der Waals surface area contributed by atoms with Crippen LogP contribution in [0.15, 0.2) is 30.3 Å². The molecule has 4 rings (SSSR count). The molecule has 3 heterocycles. The Morgan fingerprint density at radius 1 is 1.09 bits per heavy atom. The Hall–Kier alpha value is -3.08. The van der Waals surface area contributed by atoms with E-state index in [1.807, 2.05) is 0 Å². The predicted molar refractivity (Wildman–Crippen MR) is 118 cm³/mol. The summed E-state index contributed by atoms with van der Waals surface area (Å²) in [6.45, 7) is 3.78. The maximum Gasteiger partial charge on any atom is 0.435 e. The van der Waals surface area contributed by atoms with Gasteiger partial charge in [-0.3, -0.25) is 0 Å². The maximum absolute atomic E-state index is 13.9. The average molecular weight is 481 g/mol. The molecule has 2 N–H and O–H groups in total. The molecular formula is C23H24F5N5O. The quantitative estimate of drug-likeness (QED) is 0.474. The molecule has 0 amide bonds. The van der Waals surface area contributed by atoms with Crippen LogP contribution in [0, 0.1) is 6.92 Å². The first-order valence-electron chi connectivity index (χ1n) is 10.9. The minimum absolute atomic E-state index is 0.0548. The van der Waals surface area contributed by atoms with Gasteiger partial charge in [0.05, 0.1) is 29.0 Å². The van der Waals surface area contributed by atoms with Gasteiger partial charge in [-0.2, -0.15) is 18.3 Å². The van der Waals surface area contributed by atoms with E-state index in [9.17, 15) is 27.1 Å². The van der Waals surface area contributed by atoms with Gasteiger partial charge in [-0.05, 0) is 44.4 Å². The molecule has 1 aliphatic rings. The van der Waals surface area contributed by atoms with Crippen molar-refractivity contribution in [3.05, 3.63) is 52.8 Å². The largest absolute Gasteiger partial charge is 0.435 e. The van der Waals surface area contributed by atoms with Crippen molar-refractivity contribution >= 4 is 22.4 Å². The van der Waals surface area contributed by atoms with Gasteiger partial charge in [-0.1, -0.05) is 18.2 Å². The summed E-state index contributed by atoms with van der Waals surface area (Å²) < 4.78 is 68.0. The summed E-state index contributed by atoms with van der Waals surface area (Å²) in [6.07, 6.45) is -7.15. The number of hydrogen-bond acceptors (Lipinski definition) is 6. The number of nitrogens with one attached hydrogen (secondary N) is 1. The molecule has 1 fully saturated rings. The van der Waals surface area contributed by atoms with E-state index in [1.165, 1.54) is 31.2 Å². The van der Waals surface area contributed by atoms with Crippen LogP contribution >= 0.6 is 0 Å². The van der Waals surface area contributed by atoms with E-state index in [0.717, 1.165) is 0 Å². The number of aliphatic hydroxyl groups excluding tert-OH is 1. The molecule has 0 saturated carbocycles. The van der Waals surface area contributed by atoms with Crippen LogP contribution < -0.4 is 10.2 Å². The standard InChI is InChI=1S/C23H24F5N5O/c1-12(14-4-3-5-15(10-14)21(24)25)29-22-17-11-18(33-8-6-16(34)7-9-33)20(23(26,27)28)30-19(17)13(2)31-32-22/h3-5,10-12,16,21,34H,6-9H2,1-2H3,(H,29,32)/t12-/m1/s1. The minimum atomic E-state index is -4.69. The Kier molecular flexibility index (Phi) is 6.57. The molecule has 1 aliphatic heterocycles. The van der Waals surface area contributed by atoms with Crippen molar-refractivity contribution in [3.63, 3.8) is 0 Å². The van der Waals surface area contributed by atoms with Crippen LogP contribution in [-0.2, 0) is 6.18 Å². The highest BCUT2D eigenvalue weighted by Crippen LogP contribution is 2.40. The Morgan fingerprint density at radius 2 is 1.76 bits per heavy atom. The lowest BCUT2D eigenvalue weighted by Gasteiger charge is -2.33. The second-order valence-electron chi connectivity index (χ2n) is 8.44. The topological polar surface area (TPSA) is 74.2 Å². The number of hydrogen-bond donors (Lipinski definition) is 2. The fourth-order valence-electron chi connectivity index (χ4n) is 4.10. The number of halogens is 5. The second-order valence-corrected chi connectivity index (χ2v) is 8.44. The van der Waals surface area contributed by atoms with Crippen molar-refractivity contribution in [2.75, 3.05) is 23.3 Å². The number of aryl methyl sites for hydroxylation is 1. The fraction of sp³-hybridized carbons (Fsp3) is 0.435. The Labute approximate surface area is 192 Å². The summed E-state index contributed by atoms with van der Waals surface area (Å²) in [5, 5.41) is 21.3. The second kappa shape index (κ2) is 9.28. The van der Waals surface area contributed by atoms with Crippen molar-refractivity contribution in [1.29, 1.82) is 0 Å². The third kappa shape index (κ3) is 4.89. The summed E-state index contributed by atoms with van der Waals surface area (Å²) in [7, 11) is 0. The van der Waals surface area contributed by atoms with E-state index in [0.29, 0.717) is 23.8 Å². The zero-order chi connectivity index (χ0) is 24.6. The molecule has 0 bridgehead atoms. The van der Waals surface area contributed by atoms with Gasteiger partial charge in [0.2, 0.25) is 0 Å². The molecule has 182 valence electrons. The van der Waals surface area contributed by atoms with Gasteiger partial charge >= 0.3 is 6.18 Å². The summed E-state index contributed by atoms with van der Waals surface area (Å²) in [5.74, 6) is 0.204. The third-order valence-corrected chi connectivity index (χ3v) is 5.99. The van der Waals surface area contributed by atoms with Gasteiger partial charge in [-0.15, -0.1) is 5.10 Å². The number of piperidine rings is 1. The van der Waals surface area contributed by atoms with E-state index in [-0.39, 0.29) is 41.4 Å². The van der Waals surface area contributed by atoms with E-state index >= 15 is 0 Å². The number of fused-ring (bicyclic) bond motifs is 1. The minimum Gasteiger partial charge on any atom is -0.393 e. The summed E-state index contributed by atoms with van der Waals surface area (Å²) in [4.78, 5) is 5.51. The van der Waals surface area contributed by atoms with Crippen LogP contribution in [0.3, 0.4) is 0 Å². The summed E-state index contributed by atoms with van der Waals surface area (Å²) in [6, 6.07) is 6.82. The van der Waals surface area contributed by atoms with Crippen molar-refractivity contribution in [2.45, 2.75) is 51.4 Å². The fourth-order valence-corrected chi connectivity index (χ4v) is 4.10. The van der Waals surface area contributed by atoms with Crippen LogP contribution in [-0.4, -0.2) is 39.5 Å². The van der Waals surface area contributed by atoms with E-state index < -0.39 is 30.4 Å². The van der Waals surface area contributed by atoms with Crippen LogP contribution in [0.25, 0.3) is 10.9 Å². The van der Waals surface area contributed by atoms with Gasteiger partial charge in [0.1, 0.15) is 0 Å². The molecule has 1 saturated heterocycles. The molecule has 0 radical (unpaired) electrons. The molecule has 0 spiro atoms. The molecule has 3 aromatic rings. The van der Waals surface area contributed by atoms with Gasteiger partial charge in [0, 0.05) is 24.0 Å². The smallest absolute Gasteiger partial charge is 0.393 e. The van der Waals surface area contributed by atoms with Crippen LogP contribution in [0.1, 0.15) is 54.7 Å². The number of benzene rings is 1. The normalized spacial score (nSPS) is 16.3. The lowest BCUT2D eigenvalue weighted by molar-refractivity contribution is -0.140. The number of rotatable bonds is 5. The van der Waals surface area contributed by atoms with Gasteiger partial charge < -0.3 is 15.3 Å². The molecule has 1 atom stereocenters. The highest BCUT2D eigenvalue weighted by atomic mass is 19.4. The number of aromatic nitrogens is 3. The summed E-state index contributed by atoms with van der Waals surface area (Å²) in [5.41, 5.74) is -0.375. The zero-order valence-corrected chi connectivity index (χ0v) is 18.6. The van der Waals surface area contributed by atoms with E-state index in [2.05, 4.69) is 20.5 Å². The van der Waals surface area contributed by atoms with E-state index in [4.69, 9.17) is 0 Å². The van der Waals surface area contributed by atoms with E-state index in [1.54, 1.807) is 17.9 Å². The highest BCUT2D eigenvalue weighted by molar-refractivity contribution is 5.93. The number of alkyl halides is 5. The monoisotopic (exact) mass is 481 g/mol. The number of aliphatic hydroxyl groups is 1. The molecule has 2 aromatic heterocycles. The number of nitrogens with zero attached hydrogens (tertiary/aromatic N) is 4. The Balaban J connectivity index is 1.78. The SMILES string of the molecule is Cc1nnc(N[C@H](C)c2cccc(C(F)F)c2)c2cc(N3CCC(O)CC3)c(C(F)(F)F)nc12. The average Bonchev–Trinajstić information content (AvgIpc) is 2.80. The Morgan fingerprint density at radius 3 is 2.41 bits per heavy atom. The van der Waals surface area contributed by atoms with Crippen molar-refractivity contribution in [3.8, 4) is 0 Å². The highest BCUT2D eigenvalue weighted by Gasteiger charge is 2.38. The van der Waals surface area contributed by atoms with Crippen molar-refractivity contribution < 1.29 is 27.1 Å². The molecular weight excluding hydrogens is 457 g/mol. The van der Waals surface area contributed by atoms with Crippen molar-refractivity contribution in [1.82, 2.24) is 15.2 Å². The number of pyridine rings is 1. The first-order chi connectivity index (χ1) is 16.0. The van der Waals surface area contributed by atoms with Gasteiger partial charge in [0.25, 0.3) is 6.43 Å². The first-order valence-corrected chi connectivity index (χ1v) is 10.9. The molecule has 6 nitrogen and oxygen atoms in total. The van der Waals surface area contributed by atoms with Gasteiger partial charge in [0.15, 0.2) is 11.5 Å².